The third-order valence-electron chi connectivity index (χ3n) is 3.89. The van der Waals surface area contributed by atoms with Gasteiger partial charge in [0.2, 0.25) is 0 Å². The van der Waals surface area contributed by atoms with Crippen LogP contribution in [0.3, 0.4) is 0 Å². The second-order valence-corrected chi connectivity index (χ2v) is 6.70. The predicted molar refractivity (Wildman–Crippen MR) is 96.0 cm³/mol. The van der Waals surface area contributed by atoms with Crippen molar-refractivity contribution < 1.29 is 10.2 Å². The molecular formula is C17H20ClNO2S. The van der Waals surface area contributed by atoms with Gasteiger partial charge in [-0.3, -0.25) is 0 Å². The summed E-state index contributed by atoms with van der Waals surface area (Å²) >= 11 is 1.79. The lowest BCUT2D eigenvalue weighted by Crippen LogP contribution is -2.48. The number of hydrogen-bond donors (Lipinski definition) is 3. The van der Waals surface area contributed by atoms with Crippen molar-refractivity contribution in [3.63, 3.8) is 0 Å². The minimum absolute atomic E-state index is 0. The lowest BCUT2D eigenvalue weighted by Gasteiger charge is -2.26. The molecule has 0 unspecified atom stereocenters. The predicted octanol–water partition coefficient (Wildman–Crippen LogP) is 3.31. The number of fused-ring (bicyclic) bond motifs is 3. The van der Waals surface area contributed by atoms with Crippen molar-refractivity contribution in [3.8, 4) is 0 Å². The molecule has 3 rings (SSSR count). The Morgan fingerprint density at radius 3 is 2.41 bits per heavy atom. The summed E-state index contributed by atoms with van der Waals surface area (Å²) in [6, 6.07) is 14.7. The molecule has 2 aromatic carbocycles. The van der Waals surface area contributed by atoms with Crippen molar-refractivity contribution >= 4 is 43.9 Å². The van der Waals surface area contributed by atoms with Crippen molar-refractivity contribution in [2.24, 2.45) is 0 Å². The quantitative estimate of drug-likeness (QED) is 0.669. The fourth-order valence-electron chi connectivity index (χ4n) is 2.47. The second kappa shape index (κ2) is 6.94. The van der Waals surface area contributed by atoms with Gasteiger partial charge in [-0.1, -0.05) is 30.3 Å². The van der Waals surface area contributed by atoms with Crippen LogP contribution in [0, 0.1) is 0 Å². The SMILES string of the molecule is CC(CO)(CO)NCc1cccc2sc3ccccc3c12.Cl. The van der Waals surface area contributed by atoms with E-state index in [9.17, 15) is 10.2 Å². The smallest absolute Gasteiger partial charge is 0.0633 e. The van der Waals surface area contributed by atoms with Crippen molar-refractivity contribution in [2.75, 3.05) is 13.2 Å². The first kappa shape index (κ1) is 17.2. The van der Waals surface area contributed by atoms with Crippen LogP contribution in [0.5, 0.6) is 0 Å². The monoisotopic (exact) mass is 337 g/mol. The van der Waals surface area contributed by atoms with Gasteiger partial charge in [-0.05, 0) is 24.6 Å². The number of thiophene rings is 1. The van der Waals surface area contributed by atoms with Crippen LogP contribution in [-0.4, -0.2) is 29.0 Å². The van der Waals surface area contributed by atoms with Gasteiger partial charge in [0.1, 0.15) is 0 Å². The summed E-state index contributed by atoms with van der Waals surface area (Å²) in [5.41, 5.74) is 0.534. The molecule has 3 aromatic rings. The zero-order chi connectivity index (χ0) is 14.9. The van der Waals surface area contributed by atoms with Crippen LogP contribution in [0.1, 0.15) is 12.5 Å². The van der Waals surface area contributed by atoms with Crippen molar-refractivity contribution in [3.05, 3.63) is 48.0 Å². The summed E-state index contributed by atoms with van der Waals surface area (Å²) in [4.78, 5) is 0. The summed E-state index contributed by atoms with van der Waals surface area (Å²) in [5.74, 6) is 0. The van der Waals surface area contributed by atoms with E-state index in [0.29, 0.717) is 6.54 Å². The molecule has 3 N–H and O–H groups in total. The number of aliphatic hydroxyl groups excluding tert-OH is 2. The molecule has 22 heavy (non-hydrogen) atoms. The van der Waals surface area contributed by atoms with Crippen molar-refractivity contribution in [2.45, 2.75) is 19.0 Å². The van der Waals surface area contributed by atoms with Crippen LogP contribution < -0.4 is 5.32 Å². The van der Waals surface area contributed by atoms with E-state index >= 15 is 0 Å². The van der Waals surface area contributed by atoms with E-state index in [0.717, 1.165) is 0 Å². The molecule has 1 heterocycles. The molecule has 0 aliphatic heterocycles. The molecule has 0 fully saturated rings. The van der Waals surface area contributed by atoms with Gasteiger partial charge in [-0.25, -0.2) is 0 Å². The van der Waals surface area contributed by atoms with E-state index in [2.05, 4.69) is 47.8 Å². The van der Waals surface area contributed by atoms with Crippen LogP contribution in [0.4, 0.5) is 0 Å². The summed E-state index contributed by atoms with van der Waals surface area (Å²) in [7, 11) is 0. The molecule has 0 amide bonds. The number of benzene rings is 2. The lowest BCUT2D eigenvalue weighted by atomic mass is 10.0. The van der Waals surface area contributed by atoms with E-state index in [1.165, 1.54) is 25.7 Å². The molecule has 118 valence electrons. The second-order valence-electron chi connectivity index (χ2n) is 5.62. The van der Waals surface area contributed by atoms with E-state index in [1.54, 1.807) is 11.3 Å². The van der Waals surface area contributed by atoms with E-state index in [-0.39, 0.29) is 25.6 Å². The molecule has 5 heteroatoms. The molecule has 1 aromatic heterocycles. The van der Waals surface area contributed by atoms with Gasteiger partial charge in [0, 0.05) is 26.7 Å². The van der Waals surface area contributed by atoms with Crippen LogP contribution in [-0.2, 0) is 6.54 Å². The summed E-state index contributed by atoms with van der Waals surface area (Å²) in [5, 5.41) is 24.6. The molecule has 0 bridgehead atoms. The highest BCUT2D eigenvalue weighted by Gasteiger charge is 2.21. The van der Waals surface area contributed by atoms with E-state index in [1.807, 2.05) is 6.92 Å². The van der Waals surface area contributed by atoms with Gasteiger partial charge in [0.05, 0.1) is 18.8 Å². The van der Waals surface area contributed by atoms with Gasteiger partial charge in [0.15, 0.2) is 0 Å². The third-order valence-corrected chi connectivity index (χ3v) is 5.03. The maximum atomic E-state index is 9.39. The maximum absolute atomic E-state index is 9.39. The van der Waals surface area contributed by atoms with Crippen LogP contribution in [0.15, 0.2) is 42.5 Å². The Labute approximate surface area is 140 Å². The van der Waals surface area contributed by atoms with E-state index in [4.69, 9.17) is 0 Å². The zero-order valence-electron chi connectivity index (χ0n) is 12.4. The van der Waals surface area contributed by atoms with Gasteiger partial charge < -0.3 is 15.5 Å². The number of aliphatic hydroxyl groups is 2. The highest BCUT2D eigenvalue weighted by molar-refractivity contribution is 7.25. The molecule has 0 aliphatic rings. The number of hydrogen-bond acceptors (Lipinski definition) is 4. The Balaban J connectivity index is 0.00000176. The first-order valence-electron chi connectivity index (χ1n) is 7.03. The number of nitrogens with one attached hydrogen (secondary N) is 1. The van der Waals surface area contributed by atoms with E-state index < -0.39 is 5.54 Å². The van der Waals surface area contributed by atoms with Crippen LogP contribution in [0.25, 0.3) is 20.2 Å². The fourth-order valence-corrected chi connectivity index (χ4v) is 3.62. The molecular weight excluding hydrogens is 318 g/mol. The van der Waals surface area contributed by atoms with Crippen molar-refractivity contribution in [1.29, 1.82) is 0 Å². The highest BCUT2D eigenvalue weighted by atomic mass is 35.5. The van der Waals surface area contributed by atoms with Gasteiger partial charge in [-0.2, -0.15) is 0 Å². The third kappa shape index (κ3) is 3.12. The molecule has 0 radical (unpaired) electrons. The number of rotatable bonds is 5. The maximum Gasteiger partial charge on any atom is 0.0633 e. The Morgan fingerprint density at radius 1 is 1.00 bits per heavy atom. The van der Waals surface area contributed by atoms with Gasteiger partial charge in [0.25, 0.3) is 0 Å². The topological polar surface area (TPSA) is 52.5 Å². The average molecular weight is 338 g/mol. The Bertz CT molecular complexity index is 768. The Kier molecular flexibility index (Phi) is 5.42. The molecule has 0 aliphatic carbocycles. The first-order valence-corrected chi connectivity index (χ1v) is 7.84. The standard InChI is InChI=1S/C17H19NO2S.ClH/c1-17(10-19,11-20)18-9-12-5-4-8-15-16(12)13-6-2-3-7-14(13)21-15;/h2-8,18-20H,9-11H2,1H3;1H. The van der Waals surface area contributed by atoms with Crippen molar-refractivity contribution in [1.82, 2.24) is 5.32 Å². The minimum atomic E-state index is -0.659. The van der Waals surface area contributed by atoms with Crippen LogP contribution >= 0.6 is 23.7 Å². The Hall–Kier alpha value is -1.17. The zero-order valence-corrected chi connectivity index (χ0v) is 14.0. The first-order chi connectivity index (χ1) is 10.2. The average Bonchev–Trinajstić information content (AvgIpc) is 2.91. The normalized spacial score (nSPS) is 11.8. The Morgan fingerprint density at radius 2 is 1.68 bits per heavy atom. The molecule has 3 nitrogen and oxygen atoms in total. The summed E-state index contributed by atoms with van der Waals surface area (Å²) in [6.07, 6.45) is 0. The molecule has 0 spiro atoms. The number of halogens is 1. The van der Waals surface area contributed by atoms with Crippen LogP contribution in [0.2, 0.25) is 0 Å². The minimum Gasteiger partial charge on any atom is -0.394 e. The molecule has 0 saturated heterocycles. The molecule has 0 atom stereocenters. The lowest BCUT2D eigenvalue weighted by molar-refractivity contribution is 0.103. The highest BCUT2D eigenvalue weighted by Crippen LogP contribution is 2.35. The fraction of sp³-hybridized carbons (Fsp3) is 0.294. The summed E-state index contributed by atoms with van der Waals surface area (Å²) in [6.45, 7) is 2.25. The van der Waals surface area contributed by atoms with Gasteiger partial charge >= 0.3 is 0 Å². The molecule has 0 saturated carbocycles. The summed E-state index contributed by atoms with van der Waals surface area (Å²) < 4.78 is 2.55. The van der Waals surface area contributed by atoms with Gasteiger partial charge in [-0.15, -0.1) is 23.7 Å². The largest absolute Gasteiger partial charge is 0.394 e.